The lowest BCUT2D eigenvalue weighted by molar-refractivity contribution is -0.111. The van der Waals surface area contributed by atoms with Gasteiger partial charge in [0.15, 0.2) is 0 Å². The Labute approximate surface area is 37.3 Å². The molecule has 0 saturated carbocycles. The number of rotatable bonds is 1. The highest BCUT2D eigenvalue weighted by Crippen LogP contribution is 1.85. The molecule has 0 unspecified atom stereocenters. The van der Waals surface area contributed by atoms with Gasteiger partial charge in [-0.2, -0.15) is 0 Å². The van der Waals surface area contributed by atoms with Crippen molar-refractivity contribution in [2.45, 2.75) is 19.4 Å². The quantitative estimate of drug-likeness (QED) is 0.455. The first-order chi connectivity index (χ1) is 2.56. The standard InChI is InChI=1S/C4H9NO/c1-4(2,5)3-6/h3H,5H2,1-2H3. The summed E-state index contributed by atoms with van der Waals surface area (Å²) in [6.07, 6.45) is 0.715. The predicted molar refractivity (Wildman–Crippen MR) is 24.3 cm³/mol. The molecule has 0 saturated heterocycles. The molecule has 2 heteroatoms. The third kappa shape index (κ3) is 3.63. The summed E-state index contributed by atoms with van der Waals surface area (Å²) in [5, 5.41) is 0. The molecule has 2 N–H and O–H groups in total. The molecule has 0 fully saturated rings. The van der Waals surface area contributed by atoms with Gasteiger partial charge >= 0.3 is 0 Å². The van der Waals surface area contributed by atoms with Gasteiger partial charge in [0.05, 0.1) is 5.54 Å². The molecule has 36 valence electrons. The summed E-state index contributed by atoms with van der Waals surface area (Å²) in [5.74, 6) is 0. The summed E-state index contributed by atoms with van der Waals surface area (Å²) in [5.41, 5.74) is 4.53. The fourth-order valence-electron chi connectivity index (χ4n) is 0. The molecule has 0 aromatic heterocycles. The first-order valence-electron chi connectivity index (χ1n) is 1.81. The summed E-state index contributed by atoms with van der Waals surface area (Å²) >= 11 is 0. The Morgan fingerprint density at radius 2 is 1.83 bits per heavy atom. The van der Waals surface area contributed by atoms with Crippen LogP contribution in [0.1, 0.15) is 13.8 Å². The maximum absolute atomic E-state index is 9.70. The van der Waals surface area contributed by atoms with E-state index >= 15 is 0 Å². The molecule has 0 aromatic carbocycles. The van der Waals surface area contributed by atoms with Gasteiger partial charge in [-0.05, 0) is 13.8 Å². The molecular weight excluding hydrogens is 78.0 g/mol. The van der Waals surface area contributed by atoms with E-state index in [2.05, 4.69) is 0 Å². The second kappa shape index (κ2) is 1.39. The van der Waals surface area contributed by atoms with Crippen LogP contribution in [-0.4, -0.2) is 11.8 Å². The van der Waals surface area contributed by atoms with Crippen molar-refractivity contribution in [1.29, 1.82) is 0 Å². The molecule has 0 spiro atoms. The topological polar surface area (TPSA) is 43.1 Å². The van der Waals surface area contributed by atoms with Gasteiger partial charge in [-0.25, -0.2) is 0 Å². The molecular formula is C4H9NO. The third-order valence-electron chi connectivity index (χ3n) is 0.304. The normalized spacial score (nSPS) is 11.2. The Hall–Kier alpha value is -0.370. The maximum atomic E-state index is 9.70. The fraction of sp³-hybridized carbons (Fsp3) is 0.750. The molecule has 2 nitrogen and oxygen atoms in total. The van der Waals surface area contributed by atoms with Crippen molar-refractivity contribution in [2.24, 2.45) is 5.73 Å². The Kier molecular flexibility index (Phi) is 1.30. The zero-order valence-corrected chi connectivity index (χ0v) is 4.06. The van der Waals surface area contributed by atoms with Crippen LogP contribution in [0.4, 0.5) is 0 Å². The van der Waals surface area contributed by atoms with E-state index in [1.165, 1.54) is 0 Å². The van der Waals surface area contributed by atoms with Crippen LogP contribution in [0.2, 0.25) is 0 Å². The number of carbonyl (C=O) groups is 1. The zero-order chi connectivity index (χ0) is 5.21. The average molecular weight is 87.1 g/mol. The fourth-order valence-corrected chi connectivity index (χ4v) is 0. The van der Waals surface area contributed by atoms with Crippen LogP contribution >= 0.6 is 0 Å². The highest BCUT2D eigenvalue weighted by Gasteiger charge is 2.04. The minimum Gasteiger partial charge on any atom is -0.320 e. The lowest BCUT2D eigenvalue weighted by Gasteiger charge is -2.04. The molecule has 0 aliphatic heterocycles. The summed E-state index contributed by atoms with van der Waals surface area (Å²) in [6, 6.07) is 0. The van der Waals surface area contributed by atoms with E-state index in [1.54, 1.807) is 13.8 Å². The second-order valence-electron chi connectivity index (χ2n) is 1.94. The highest BCUT2D eigenvalue weighted by molar-refractivity contribution is 5.61. The number of nitrogens with two attached hydrogens (primary N) is 1. The molecule has 0 aliphatic rings. The second-order valence-corrected chi connectivity index (χ2v) is 1.94. The highest BCUT2D eigenvalue weighted by atomic mass is 16.1. The summed E-state index contributed by atoms with van der Waals surface area (Å²) in [6.45, 7) is 3.31. The monoisotopic (exact) mass is 87.1 g/mol. The summed E-state index contributed by atoms with van der Waals surface area (Å²) < 4.78 is 0. The molecule has 0 rings (SSSR count). The molecule has 0 atom stereocenters. The first-order valence-corrected chi connectivity index (χ1v) is 1.81. The van der Waals surface area contributed by atoms with Crippen LogP contribution in [0.15, 0.2) is 0 Å². The van der Waals surface area contributed by atoms with Crippen molar-refractivity contribution >= 4 is 6.29 Å². The maximum Gasteiger partial charge on any atom is 0.139 e. The van der Waals surface area contributed by atoms with Gasteiger partial charge in [0.25, 0.3) is 0 Å². The minimum atomic E-state index is -0.639. The first kappa shape index (κ1) is 5.63. The van der Waals surface area contributed by atoms with Crippen molar-refractivity contribution in [3.05, 3.63) is 0 Å². The van der Waals surface area contributed by atoms with Crippen LogP contribution in [0, 0.1) is 0 Å². The van der Waals surface area contributed by atoms with E-state index in [0.29, 0.717) is 6.29 Å². The molecule has 6 heavy (non-hydrogen) atoms. The zero-order valence-electron chi connectivity index (χ0n) is 4.06. The number of hydrogen-bond donors (Lipinski definition) is 1. The van der Waals surface area contributed by atoms with E-state index in [0.717, 1.165) is 0 Å². The lowest BCUT2D eigenvalue weighted by Crippen LogP contribution is -2.33. The molecule has 0 aromatic rings. The SMILES string of the molecule is CC(C)(N)C=O. The average Bonchev–Trinajstić information content (AvgIpc) is 1.35. The Morgan fingerprint density at radius 3 is 1.83 bits per heavy atom. The summed E-state index contributed by atoms with van der Waals surface area (Å²) in [7, 11) is 0. The van der Waals surface area contributed by atoms with Crippen LogP contribution in [0.5, 0.6) is 0 Å². The van der Waals surface area contributed by atoms with Crippen LogP contribution in [0.25, 0.3) is 0 Å². The number of carbonyl (C=O) groups excluding carboxylic acids is 1. The summed E-state index contributed by atoms with van der Waals surface area (Å²) in [4.78, 5) is 9.70. The molecule has 0 bridgehead atoms. The van der Waals surface area contributed by atoms with Crippen LogP contribution < -0.4 is 5.73 Å². The van der Waals surface area contributed by atoms with Gasteiger partial charge < -0.3 is 10.5 Å². The van der Waals surface area contributed by atoms with E-state index in [4.69, 9.17) is 5.73 Å². The van der Waals surface area contributed by atoms with Crippen molar-refractivity contribution in [1.82, 2.24) is 0 Å². The predicted octanol–water partition coefficient (Wildman–Crippen LogP) is -0.0774. The van der Waals surface area contributed by atoms with Gasteiger partial charge in [-0.1, -0.05) is 0 Å². The van der Waals surface area contributed by atoms with Gasteiger partial charge in [-0.3, -0.25) is 0 Å². The third-order valence-corrected chi connectivity index (χ3v) is 0.304. The molecule has 0 amide bonds. The van der Waals surface area contributed by atoms with Gasteiger partial charge in [0, 0.05) is 0 Å². The van der Waals surface area contributed by atoms with Crippen molar-refractivity contribution in [3.63, 3.8) is 0 Å². The molecule has 0 heterocycles. The lowest BCUT2D eigenvalue weighted by atomic mass is 10.1. The minimum absolute atomic E-state index is 0.639. The van der Waals surface area contributed by atoms with E-state index in [9.17, 15) is 4.79 Å². The molecule has 0 aliphatic carbocycles. The van der Waals surface area contributed by atoms with E-state index in [1.807, 2.05) is 0 Å². The van der Waals surface area contributed by atoms with Gasteiger partial charge in [0.2, 0.25) is 0 Å². The van der Waals surface area contributed by atoms with Crippen molar-refractivity contribution in [2.75, 3.05) is 0 Å². The largest absolute Gasteiger partial charge is 0.320 e. The van der Waals surface area contributed by atoms with Crippen LogP contribution in [-0.2, 0) is 4.79 Å². The number of aldehydes is 1. The van der Waals surface area contributed by atoms with E-state index in [-0.39, 0.29) is 0 Å². The van der Waals surface area contributed by atoms with Crippen LogP contribution in [0.3, 0.4) is 0 Å². The smallest absolute Gasteiger partial charge is 0.139 e. The van der Waals surface area contributed by atoms with Crippen molar-refractivity contribution in [3.8, 4) is 0 Å². The Morgan fingerprint density at radius 1 is 1.67 bits per heavy atom. The van der Waals surface area contributed by atoms with Crippen molar-refractivity contribution < 1.29 is 4.79 Å². The molecule has 0 radical (unpaired) electrons. The van der Waals surface area contributed by atoms with Gasteiger partial charge in [0.1, 0.15) is 6.29 Å². The Balaban J connectivity index is 3.45. The van der Waals surface area contributed by atoms with Gasteiger partial charge in [-0.15, -0.1) is 0 Å². The number of hydrogen-bond acceptors (Lipinski definition) is 2. The van der Waals surface area contributed by atoms with E-state index < -0.39 is 5.54 Å². The Bertz CT molecular complexity index is 53.1.